The lowest BCUT2D eigenvalue weighted by atomic mass is 10.2. The molecule has 118 valence electrons. The van der Waals surface area contributed by atoms with Gasteiger partial charge < -0.3 is 4.74 Å². The van der Waals surface area contributed by atoms with Crippen molar-refractivity contribution < 1.29 is 17.5 Å². The third-order valence-electron chi connectivity index (χ3n) is 2.75. The summed E-state index contributed by atoms with van der Waals surface area (Å²) in [5, 5.41) is 0. The summed E-state index contributed by atoms with van der Waals surface area (Å²) in [4.78, 5) is 0. The van der Waals surface area contributed by atoms with Gasteiger partial charge in [0.15, 0.2) is 0 Å². The second kappa shape index (κ2) is 7.11. The number of benzene rings is 2. The molecular formula is C15H15BrFNO3S. The largest absolute Gasteiger partial charge is 0.492 e. The first-order valence-electron chi connectivity index (χ1n) is 6.50. The first-order valence-corrected chi connectivity index (χ1v) is 8.95. The second-order valence-corrected chi connectivity index (χ2v) is 7.50. The van der Waals surface area contributed by atoms with Gasteiger partial charge in [0.2, 0.25) is 10.0 Å². The van der Waals surface area contributed by atoms with E-state index in [2.05, 4.69) is 20.7 Å². The smallest absolute Gasteiger partial charge is 0.236 e. The zero-order valence-corrected chi connectivity index (χ0v) is 14.2. The second-order valence-electron chi connectivity index (χ2n) is 4.74. The van der Waals surface area contributed by atoms with Gasteiger partial charge in [-0.15, -0.1) is 0 Å². The van der Waals surface area contributed by atoms with Gasteiger partial charge in [-0.1, -0.05) is 15.9 Å². The highest BCUT2D eigenvalue weighted by atomic mass is 79.9. The van der Waals surface area contributed by atoms with Crippen LogP contribution >= 0.6 is 15.9 Å². The Morgan fingerprint density at radius 1 is 1.18 bits per heavy atom. The highest BCUT2D eigenvalue weighted by Gasteiger charge is 2.11. The van der Waals surface area contributed by atoms with Crippen molar-refractivity contribution in [1.29, 1.82) is 0 Å². The van der Waals surface area contributed by atoms with Crippen LogP contribution in [0, 0.1) is 12.7 Å². The molecule has 2 aromatic carbocycles. The predicted molar refractivity (Wildman–Crippen MR) is 88.2 cm³/mol. The first-order chi connectivity index (χ1) is 10.3. The summed E-state index contributed by atoms with van der Waals surface area (Å²) in [5.74, 6) is -0.141. The molecule has 0 amide bonds. The van der Waals surface area contributed by atoms with Crippen LogP contribution in [0.5, 0.6) is 5.75 Å². The molecular weight excluding hydrogens is 373 g/mol. The van der Waals surface area contributed by atoms with Crippen molar-refractivity contribution in [2.45, 2.75) is 6.92 Å². The van der Waals surface area contributed by atoms with Gasteiger partial charge in [-0.05, 0) is 55.0 Å². The normalized spacial score (nSPS) is 11.2. The molecule has 0 aliphatic carbocycles. The molecule has 2 aromatic rings. The first kappa shape index (κ1) is 16.8. The van der Waals surface area contributed by atoms with E-state index in [0.717, 1.165) is 10.0 Å². The number of halogens is 2. The SMILES string of the molecule is Cc1cc(Br)cc(NS(=O)(=O)CCOc2ccc(F)cc2)c1. The number of anilines is 1. The molecule has 0 atom stereocenters. The molecule has 0 saturated carbocycles. The number of hydrogen-bond donors (Lipinski definition) is 1. The van der Waals surface area contributed by atoms with E-state index in [0.29, 0.717) is 11.4 Å². The van der Waals surface area contributed by atoms with Gasteiger partial charge in [-0.3, -0.25) is 4.72 Å². The number of ether oxygens (including phenoxy) is 1. The Bertz CT molecular complexity index is 728. The number of rotatable bonds is 6. The number of hydrogen-bond acceptors (Lipinski definition) is 3. The average Bonchev–Trinajstić information content (AvgIpc) is 2.39. The third-order valence-corrected chi connectivity index (χ3v) is 4.46. The maximum absolute atomic E-state index is 12.7. The molecule has 22 heavy (non-hydrogen) atoms. The van der Waals surface area contributed by atoms with E-state index in [9.17, 15) is 12.8 Å². The molecule has 1 N–H and O–H groups in total. The molecule has 0 fully saturated rings. The van der Waals surface area contributed by atoms with E-state index in [1.54, 1.807) is 12.1 Å². The Hall–Kier alpha value is -1.60. The minimum Gasteiger partial charge on any atom is -0.492 e. The summed E-state index contributed by atoms with van der Waals surface area (Å²) >= 11 is 3.32. The summed E-state index contributed by atoms with van der Waals surface area (Å²) in [7, 11) is -3.52. The van der Waals surface area contributed by atoms with Crippen molar-refractivity contribution in [1.82, 2.24) is 0 Å². The summed E-state index contributed by atoms with van der Waals surface area (Å²) in [6.07, 6.45) is 0. The summed E-state index contributed by atoms with van der Waals surface area (Å²) in [6, 6.07) is 10.7. The van der Waals surface area contributed by atoms with Gasteiger partial charge in [0.1, 0.15) is 23.9 Å². The Morgan fingerprint density at radius 3 is 2.50 bits per heavy atom. The van der Waals surface area contributed by atoms with Gasteiger partial charge in [0.05, 0.1) is 0 Å². The lowest BCUT2D eigenvalue weighted by Crippen LogP contribution is -2.21. The van der Waals surface area contributed by atoms with Crippen LogP contribution < -0.4 is 9.46 Å². The fourth-order valence-corrected chi connectivity index (χ4v) is 3.32. The van der Waals surface area contributed by atoms with E-state index < -0.39 is 10.0 Å². The van der Waals surface area contributed by atoms with Crippen molar-refractivity contribution >= 4 is 31.6 Å². The Morgan fingerprint density at radius 2 is 1.86 bits per heavy atom. The fourth-order valence-electron chi connectivity index (χ4n) is 1.83. The molecule has 0 radical (unpaired) electrons. The molecule has 0 aromatic heterocycles. The van der Waals surface area contributed by atoms with Crippen molar-refractivity contribution in [2.24, 2.45) is 0 Å². The zero-order chi connectivity index (χ0) is 16.2. The molecule has 0 aliphatic heterocycles. The highest BCUT2D eigenvalue weighted by molar-refractivity contribution is 9.10. The van der Waals surface area contributed by atoms with E-state index >= 15 is 0 Å². The lowest BCUT2D eigenvalue weighted by molar-refractivity contribution is 0.340. The van der Waals surface area contributed by atoms with Crippen LogP contribution in [0.4, 0.5) is 10.1 Å². The number of sulfonamides is 1. The van der Waals surface area contributed by atoms with Crippen LogP contribution in [0.3, 0.4) is 0 Å². The van der Waals surface area contributed by atoms with Gasteiger partial charge >= 0.3 is 0 Å². The van der Waals surface area contributed by atoms with Crippen LogP contribution in [-0.2, 0) is 10.0 Å². The standard InChI is InChI=1S/C15H15BrFNO3S/c1-11-8-12(16)10-14(9-11)18-22(19,20)7-6-21-15-4-2-13(17)3-5-15/h2-5,8-10,18H,6-7H2,1H3. The number of nitrogens with one attached hydrogen (secondary N) is 1. The molecule has 2 rings (SSSR count). The van der Waals surface area contributed by atoms with Crippen LogP contribution in [0.2, 0.25) is 0 Å². The molecule has 0 unspecified atom stereocenters. The van der Waals surface area contributed by atoms with Gasteiger partial charge in [0.25, 0.3) is 0 Å². The molecule has 0 bridgehead atoms. The average molecular weight is 388 g/mol. The van der Waals surface area contributed by atoms with Gasteiger partial charge in [-0.2, -0.15) is 0 Å². The quantitative estimate of drug-likeness (QED) is 0.821. The molecule has 0 aliphatic rings. The molecule has 0 spiro atoms. The van der Waals surface area contributed by atoms with Gasteiger partial charge in [0, 0.05) is 10.2 Å². The maximum Gasteiger partial charge on any atom is 0.236 e. The Kier molecular flexibility index (Phi) is 5.42. The fraction of sp³-hybridized carbons (Fsp3) is 0.200. The minimum absolute atomic E-state index is 0.0199. The van der Waals surface area contributed by atoms with Crippen molar-refractivity contribution in [3.8, 4) is 5.75 Å². The Labute approximate surface area is 137 Å². The predicted octanol–water partition coefficient (Wildman–Crippen LogP) is 3.72. The summed E-state index contributed by atoms with van der Waals surface area (Å²) < 4.78 is 45.3. The van der Waals surface area contributed by atoms with E-state index in [-0.39, 0.29) is 18.2 Å². The van der Waals surface area contributed by atoms with Crippen molar-refractivity contribution in [3.05, 3.63) is 58.3 Å². The van der Waals surface area contributed by atoms with E-state index in [1.807, 2.05) is 13.0 Å². The minimum atomic E-state index is -3.52. The molecule has 4 nitrogen and oxygen atoms in total. The van der Waals surface area contributed by atoms with Gasteiger partial charge in [-0.25, -0.2) is 12.8 Å². The summed E-state index contributed by atoms with van der Waals surface area (Å²) in [5.41, 5.74) is 1.43. The number of aryl methyl sites for hydroxylation is 1. The van der Waals surface area contributed by atoms with E-state index in [4.69, 9.17) is 4.74 Å². The van der Waals surface area contributed by atoms with Crippen LogP contribution in [-0.4, -0.2) is 20.8 Å². The van der Waals surface area contributed by atoms with Crippen molar-refractivity contribution in [2.75, 3.05) is 17.1 Å². The van der Waals surface area contributed by atoms with Crippen LogP contribution in [0.25, 0.3) is 0 Å². The molecule has 7 heteroatoms. The topological polar surface area (TPSA) is 55.4 Å². The van der Waals surface area contributed by atoms with E-state index in [1.165, 1.54) is 24.3 Å². The Balaban J connectivity index is 1.92. The highest BCUT2D eigenvalue weighted by Crippen LogP contribution is 2.20. The lowest BCUT2D eigenvalue weighted by Gasteiger charge is -2.10. The maximum atomic E-state index is 12.7. The third kappa shape index (κ3) is 5.31. The molecule has 0 heterocycles. The zero-order valence-electron chi connectivity index (χ0n) is 11.8. The van der Waals surface area contributed by atoms with Crippen LogP contribution in [0.1, 0.15) is 5.56 Å². The summed E-state index contributed by atoms with van der Waals surface area (Å²) in [6.45, 7) is 1.86. The monoisotopic (exact) mass is 387 g/mol. The van der Waals surface area contributed by atoms with Crippen LogP contribution in [0.15, 0.2) is 46.9 Å². The molecule has 0 saturated heterocycles. The van der Waals surface area contributed by atoms with Crippen molar-refractivity contribution in [3.63, 3.8) is 0 Å².